The zero-order chi connectivity index (χ0) is 18.8. The van der Waals surface area contributed by atoms with Gasteiger partial charge in [-0.25, -0.2) is 0 Å². The summed E-state index contributed by atoms with van der Waals surface area (Å²) in [6.45, 7) is 8.69. The first-order valence-corrected chi connectivity index (χ1v) is 9.64. The second kappa shape index (κ2) is 7.82. The Kier molecular flexibility index (Phi) is 5.27. The molecule has 27 heavy (non-hydrogen) atoms. The van der Waals surface area contributed by atoms with Gasteiger partial charge in [0.15, 0.2) is 0 Å². The van der Waals surface area contributed by atoms with Crippen LogP contribution in [0.5, 0.6) is 0 Å². The van der Waals surface area contributed by atoms with Crippen LogP contribution in [-0.2, 0) is 29.2 Å². The van der Waals surface area contributed by atoms with Gasteiger partial charge in [0.2, 0.25) is 5.91 Å². The van der Waals surface area contributed by atoms with Crippen LogP contribution >= 0.6 is 0 Å². The maximum atomic E-state index is 12.3. The number of nitrogens with zero attached hydrogens (tertiary/aromatic N) is 5. The molecule has 8 nitrogen and oxygen atoms in total. The predicted molar refractivity (Wildman–Crippen MR) is 97.9 cm³/mol. The summed E-state index contributed by atoms with van der Waals surface area (Å²) in [5.74, 6) is 0.946. The lowest BCUT2D eigenvalue weighted by Gasteiger charge is -2.24. The van der Waals surface area contributed by atoms with Crippen molar-refractivity contribution in [3.8, 4) is 0 Å². The van der Waals surface area contributed by atoms with Crippen molar-refractivity contribution in [1.29, 1.82) is 0 Å². The molecule has 2 aromatic heterocycles. The van der Waals surface area contributed by atoms with Crippen molar-refractivity contribution in [2.24, 2.45) is 0 Å². The highest BCUT2D eigenvalue weighted by Crippen LogP contribution is 2.20. The lowest BCUT2D eigenvalue weighted by molar-refractivity contribution is -0.137. The molecule has 0 N–H and O–H groups in total. The lowest BCUT2D eigenvalue weighted by Crippen LogP contribution is -2.37. The van der Waals surface area contributed by atoms with Crippen LogP contribution < -0.4 is 0 Å². The third-order valence-electron chi connectivity index (χ3n) is 5.49. The van der Waals surface area contributed by atoms with Gasteiger partial charge < -0.3 is 14.2 Å². The molecule has 0 spiro atoms. The van der Waals surface area contributed by atoms with Gasteiger partial charge in [0.05, 0.1) is 24.0 Å². The Morgan fingerprint density at radius 2 is 2.11 bits per heavy atom. The van der Waals surface area contributed by atoms with Crippen LogP contribution in [0, 0.1) is 13.8 Å². The number of likely N-dealkylation sites (tertiary alicyclic amines) is 1. The number of carbonyl (C=O) groups excluding carboxylic acids is 1. The van der Waals surface area contributed by atoms with Crippen LogP contribution in [0.1, 0.15) is 35.6 Å². The third kappa shape index (κ3) is 4.06. The van der Waals surface area contributed by atoms with E-state index in [0.29, 0.717) is 6.54 Å². The summed E-state index contributed by atoms with van der Waals surface area (Å²) in [5, 5.41) is 8.48. The fourth-order valence-corrected chi connectivity index (χ4v) is 3.92. The second-order valence-corrected chi connectivity index (χ2v) is 7.50. The van der Waals surface area contributed by atoms with Crippen molar-refractivity contribution < 1.29 is 14.1 Å². The Balaban J connectivity index is 1.44. The van der Waals surface area contributed by atoms with Crippen molar-refractivity contribution in [3.05, 3.63) is 35.0 Å². The van der Waals surface area contributed by atoms with Crippen molar-refractivity contribution >= 4 is 5.91 Å². The number of fused-ring (bicyclic) bond motifs is 1. The molecule has 0 aromatic carbocycles. The highest BCUT2D eigenvalue weighted by atomic mass is 16.5. The van der Waals surface area contributed by atoms with E-state index in [2.05, 4.69) is 15.2 Å². The summed E-state index contributed by atoms with van der Waals surface area (Å²) in [6.07, 6.45) is 3.92. The Hall–Kier alpha value is -2.19. The van der Waals surface area contributed by atoms with E-state index in [0.717, 1.165) is 68.3 Å². The zero-order valence-corrected chi connectivity index (χ0v) is 16.1. The van der Waals surface area contributed by atoms with E-state index in [1.54, 1.807) is 0 Å². The normalized spacial score (nSPS) is 20.7. The highest BCUT2D eigenvalue weighted by Gasteiger charge is 2.26. The van der Waals surface area contributed by atoms with Crippen LogP contribution in [0.4, 0.5) is 0 Å². The van der Waals surface area contributed by atoms with Crippen LogP contribution in [0.3, 0.4) is 0 Å². The van der Waals surface area contributed by atoms with Gasteiger partial charge in [-0.05, 0) is 32.8 Å². The number of aryl methyl sites for hydroxylation is 2. The summed E-state index contributed by atoms with van der Waals surface area (Å²) in [6, 6.07) is 2.04. The Labute approximate surface area is 159 Å². The number of aromatic nitrogens is 3. The largest absolute Gasteiger partial charge is 0.365 e. The molecule has 0 bridgehead atoms. The molecule has 146 valence electrons. The molecule has 1 atom stereocenters. The Morgan fingerprint density at radius 1 is 1.30 bits per heavy atom. The zero-order valence-electron chi connectivity index (χ0n) is 16.1. The molecule has 8 heteroatoms. The summed E-state index contributed by atoms with van der Waals surface area (Å²) in [7, 11) is 0. The molecule has 2 aliphatic heterocycles. The van der Waals surface area contributed by atoms with Gasteiger partial charge in [-0.15, -0.1) is 0 Å². The molecular formula is C19H27N5O3. The van der Waals surface area contributed by atoms with Gasteiger partial charge in [0.1, 0.15) is 12.4 Å². The Morgan fingerprint density at radius 3 is 2.85 bits per heavy atom. The van der Waals surface area contributed by atoms with E-state index in [-0.39, 0.29) is 18.6 Å². The number of hydrogen-bond donors (Lipinski definition) is 0. The molecule has 4 heterocycles. The van der Waals surface area contributed by atoms with Gasteiger partial charge in [-0.1, -0.05) is 5.16 Å². The van der Waals surface area contributed by atoms with Crippen LogP contribution in [0.15, 0.2) is 16.8 Å². The average Bonchev–Trinajstić information content (AvgIpc) is 3.37. The molecule has 0 radical (unpaired) electrons. The van der Waals surface area contributed by atoms with E-state index in [1.807, 2.05) is 35.7 Å². The number of ether oxygens (including phenoxy) is 1. The number of rotatable bonds is 5. The Bertz CT molecular complexity index is 774. The monoisotopic (exact) mass is 373 g/mol. The molecule has 2 aromatic rings. The number of carbonyl (C=O) groups is 1. The summed E-state index contributed by atoms with van der Waals surface area (Å²) < 4.78 is 13.3. The van der Waals surface area contributed by atoms with Crippen molar-refractivity contribution in [1.82, 2.24) is 24.7 Å². The highest BCUT2D eigenvalue weighted by molar-refractivity contribution is 5.77. The first-order chi connectivity index (χ1) is 13.1. The first-order valence-electron chi connectivity index (χ1n) is 9.64. The van der Waals surface area contributed by atoms with Gasteiger partial charge in [0.25, 0.3) is 0 Å². The standard InChI is InChI=1S/C19H27N5O3/c1-14-18(15(2)27-21-14)12-22-9-16-5-6-20-24(16)11-17(10-22)26-13-19(25)23-7-3-4-8-23/h5-6,17H,3-4,7-13H2,1-2H3/t17-/m1/s1. The summed E-state index contributed by atoms with van der Waals surface area (Å²) in [5.41, 5.74) is 3.19. The SMILES string of the molecule is Cc1noc(C)c1CN1Cc2ccnn2C[C@H](OCC(=O)N2CCCC2)C1. The van der Waals surface area contributed by atoms with E-state index in [1.165, 1.54) is 0 Å². The van der Waals surface area contributed by atoms with Crippen LogP contribution in [0.25, 0.3) is 0 Å². The average molecular weight is 373 g/mol. The molecule has 1 fully saturated rings. The third-order valence-corrected chi connectivity index (χ3v) is 5.49. The van der Waals surface area contributed by atoms with Gasteiger partial charge in [-0.2, -0.15) is 5.10 Å². The van der Waals surface area contributed by atoms with Gasteiger partial charge in [-0.3, -0.25) is 14.4 Å². The van der Waals surface area contributed by atoms with Crippen molar-refractivity contribution in [2.45, 2.75) is 52.4 Å². The number of hydrogen-bond acceptors (Lipinski definition) is 6. The van der Waals surface area contributed by atoms with Crippen LogP contribution in [-0.4, -0.2) is 63.0 Å². The number of amides is 1. The van der Waals surface area contributed by atoms with Crippen LogP contribution in [0.2, 0.25) is 0 Å². The molecule has 0 aliphatic carbocycles. The second-order valence-electron chi connectivity index (χ2n) is 7.50. The maximum absolute atomic E-state index is 12.3. The predicted octanol–water partition coefficient (Wildman–Crippen LogP) is 1.51. The smallest absolute Gasteiger partial charge is 0.248 e. The fraction of sp³-hybridized carbons (Fsp3) is 0.632. The van der Waals surface area contributed by atoms with E-state index in [9.17, 15) is 4.79 Å². The molecule has 1 amide bonds. The quantitative estimate of drug-likeness (QED) is 0.791. The minimum Gasteiger partial charge on any atom is -0.365 e. The minimum absolute atomic E-state index is 0.0850. The van der Waals surface area contributed by atoms with Crippen molar-refractivity contribution in [2.75, 3.05) is 26.2 Å². The van der Waals surface area contributed by atoms with Gasteiger partial charge in [0, 0.05) is 44.5 Å². The summed E-state index contributed by atoms with van der Waals surface area (Å²) in [4.78, 5) is 16.6. The summed E-state index contributed by atoms with van der Waals surface area (Å²) >= 11 is 0. The minimum atomic E-state index is -0.0850. The molecule has 4 rings (SSSR count). The maximum Gasteiger partial charge on any atom is 0.248 e. The van der Waals surface area contributed by atoms with Gasteiger partial charge >= 0.3 is 0 Å². The molecule has 0 unspecified atom stereocenters. The van der Waals surface area contributed by atoms with E-state index in [4.69, 9.17) is 9.26 Å². The topological polar surface area (TPSA) is 76.6 Å². The fourth-order valence-electron chi connectivity index (χ4n) is 3.92. The molecular weight excluding hydrogens is 346 g/mol. The first kappa shape index (κ1) is 18.2. The van der Waals surface area contributed by atoms with Crippen molar-refractivity contribution in [3.63, 3.8) is 0 Å². The lowest BCUT2D eigenvalue weighted by atomic mass is 10.2. The molecule has 0 saturated carbocycles. The van der Waals surface area contributed by atoms with E-state index < -0.39 is 0 Å². The molecule has 1 saturated heterocycles. The molecule has 2 aliphatic rings. The van der Waals surface area contributed by atoms with E-state index >= 15 is 0 Å².